The van der Waals surface area contributed by atoms with E-state index in [-0.39, 0.29) is 5.82 Å². The number of nitrogens with one attached hydrogen (secondary N) is 1. The zero-order valence-electron chi connectivity index (χ0n) is 10.1. The zero-order chi connectivity index (χ0) is 13.0. The zero-order valence-corrected chi connectivity index (χ0v) is 10.1. The first-order chi connectivity index (χ1) is 8.69. The average molecular weight is 240 g/mol. The van der Waals surface area contributed by atoms with Crippen LogP contribution in [0.25, 0.3) is 0 Å². The number of anilines is 1. The molecule has 0 spiro atoms. The Balaban J connectivity index is 2.13. The molecule has 0 saturated carbocycles. The molecule has 0 amide bonds. The van der Waals surface area contributed by atoms with E-state index in [9.17, 15) is 4.39 Å². The third-order valence-electron chi connectivity index (χ3n) is 2.69. The van der Waals surface area contributed by atoms with Gasteiger partial charge >= 0.3 is 0 Å². The van der Waals surface area contributed by atoms with Crippen molar-refractivity contribution >= 4 is 5.69 Å². The van der Waals surface area contributed by atoms with Gasteiger partial charge in [-0.3, -0.25) is 0 Å². The van der Waals surface area contributed by atoms with E-state index in [0.29, 0.717) is 12.1 Å². The van der Waals surface area contributed by atoms with Gasteiger partial charge in [0.2, 0.25) is 0 Å². The van der Waals surface area contributed by atoms with Crippen LogP contribution in [-0.2, 0) is 6.54 Å². The van der Waals surface area contributed by atoms with Gasteiger partial charge in [0.1, 0.15) is 11.9 Å². The Morgan fingerprint density at radius 1 is 1.17 bits per heavy atom. The van der Waals surface area contributed by atoms with E-state index < -0.39 is 0 Å². The summed E-state index contributed by atoms with van der Waals surface area (Å²) < 4.78 is 12.8. The monoisotopic (exact) mass is 240 g/mol. The van der Waals surface area contributed by atoms with E-state index in [1.807, 2.05) is 19.1 Å². The van der Waals surface area contributed by atoms with E-state index in [2.05, 4.69) is 11.4 Å². The topological polar surface area (TPSA) is 35.8 Å². The lowest BCUT2D eigenvalue weighted by molar-refractivity contribution is 0.627. The predicted molar refractivity (Wildman–Crippen MR) is 69.6 cm³/mol. The number of rotatable bonds is 3. The van der Waals surface area contributed by atoms with Crippen molar-refractivity contribution in [3.63, 3.8) is 0 Å². The average Bonchev–Trinajstić information content (AvgIpc) is 2.38. The van der Waals surface area contributed by atoms with Crippen LogP contribution in [0.1, 0.15) is 16.7 Å². The van der Waals surface area contributed by atoms with Crippen molar-refractivity contribution in [1.29, 1.82) is 5.26 Å². The highest BCUT2D eigenvalue weighted by Gasteiger charge is 2.02. The van der Waals surface area contributed by atoms with Crippen molar-refractivity contribution in [2.24, 2.45) is 0 Å². The molecule has 0 aliphatic rings. The lowest BCUT2D eigenvalue weighted by Crippen LogP contribution is -2.01. The van der Waals surface area contributed by atoms with Gasteiger partial charge in [0, 0.05) is 6.54 Å². The van der Waals surface area contributed by atoms with Crippen LogP contribution in [0, 0.1) is 24.1 Å². The molecule has 2 rings (SSSR count). The summed E-state index contributed by atoms with van der Waals surface area (Å²) in [5.74, 6) is -0.244. The molecule has 0 aromatic heterocycles. The summed E-state index contributed by atoms with van der Waals surface area (Å²) in [4.78, 5) is 0. The summed E-state index contributed by atoms with van der Waals surface area (Å²) >= 11 is 0. The van der Waals surface area contributed by atoms with Crippen LogP contribution in [0.15, 0.2) is 42.5 Å². The molecule has 1 N–H and O–H groups in total. The normalized spacial score (nSPS) is 9.83. The van der Waals surface area contributed by atoms with E-state index in [1.54, 1.807) is 18.2 Å². The van der Waals surface area contributed by atoms with Crippen molar-refractivity contribution in [3.05, 3.63) is 65.0 Å². The molecule has 0 atom stereocenters. The third kappa shape index (κ3) is 2.86. The fraction of sp³-hybridized carbons (Fsp3) is 0.133. The highest BCUT2D eigenvalue weighted by Crippen LogP contribution is 2.17. The van der Waals surface area contributed by atoms with Crippen LogP contribution in [0.4, 0.5) is 10.1 Å². The fourth-order valence-electron chi connectivity index (χ4n) is 1.70. The second-order valence-electron chi connectivity index (χ2n) is 4.14. The Morgan fingerprint density at radius 2 is 1.89 bits per heavy atom. The second-order valence-corrected chi connectivity index (χ2v) is 4.14. The van der Waals surface area contributed by atoms with Crippen molar-refractivity contribution in [2.45, 2.75) is 13.5 Å². The Bertz CT molecular complexity index is 582. The van der Waals surface area contributed by atoms with E-state index in [1.165, 1.54) is 12.1 Å². The Morgan fingerprint density at radius 3 is 2.56 bits per heavy atom. The smallest absolute Gasteiger partial charge is 0.123 e. The number of benzene rings is 2. The van der Waals surface area contributed by atoms with Gasteiger partial charge in [-0.2, -0.15) is 5.26 Å². The summed E-state index contributed by atoms with van der Waals surface area (Å²) in [6, 6.07) is 14.1. The van der Waals surface area contributed by atoms with Crippen LogP contribution in [-0.4, -0.2) is 0 Å². The standard InChI is InChI=1S/C15H13FN2/c1-11-2-5-13(9-17)15(8-11)18-10-12-3-6-14(16)7-4-12/h2-8,18H,10H2,1H3. The van der Waals surface area contributed by atoms with E-state index >= 15 is 0 Å². The molecule has 0 heterocycles. The number of halogens is 1. The lowest BCUT2D eigenvalue weighted by atomic mass is 10.1. The summed E-state index contributed by atoms with van der Waals surface area (Å²) in [6.07, 6.45) is 0. The first-order valence-electron chi connectivity index (χ1n) is 5.68. The second kappa shape index (κ2) is 5.33. The lowest BCUT2D eigenvalue weighted by Gasteiger charge is -2.09. The minimum Gasteiger partial charge on any atom is -0.380 e. The van der Waals surface area contributed by atoms with Crippen LogP contribution in [0.5, 0.6) is 0 Å². The van der Waals surface area contributed by atoms with Crippen LogP contribution in [0.2, 0.25) is 0 Å². The molecule has 0 unspecified atom stereocenters. The van der Waals surface area contributed by atoms with Crippen molar-refractivity contribution in [2.75, 3.05) is 5.32 Å². The molecule has 90 valence electrons. The van der Waals surface area contributed by atoms with Crippen LogP contribution < -0.4 is 5.32 Å². The van der Waals surface area contributed by atoms with Gasteiger partial charge in [0.25, 0.3) is 0 Å². The van der Waals surface area contributed by atoms with Crippen molar-refractivity contribution in [1.82, 2.24) is 0 Å². The summed E-state index contributed by atoms with van der Waals surface area (Å²) in [5.41, 5.74) is 3.49. The SMILES string of the molecule is Cc1ccc(C#N)c(NCc2ccc(F)cc2)c1. The van der Waals surface area contributed by atoms with Gasteiger partial charge in [-0.1, -0.05) is 18.2 Å². The molecule has 2 aromatic rings. The first-order valence-corrected chi connectivity index (χ1v) is 5.68. The van der Waals surface area contributed by atoms with E-state index in [0.717, 1.165) is 16.8 Å². The largest absolute Gasteiger partial charge is 0.380 e. The van der Waals surface area contributed by atoms with Crippen LogP contribution >= 0.6 is 0 Å². The Labute approximate surface area is 106 Å². The van der Waals surface area contributed by atoms with Crippen LogP contribution in [0.3, 0.4) is 0 Å². The molecule has 0 bridgehead atoms. The van der Waals surface area contributed by atoms with Gasteiger partial charge in [0.05, 0.1) is 11.3 Å². The summed E-state index contributed by atoms with van der Waals surface area (Å²) in [6.45, 7) is 2.54. The van der Waals surface area contributed by atoms with Crippen molar-refractivity contribution < 1.29 is 4.39 Å². The number of hydrogen-bond acceptors (Lipinski definition) is 2. The van der Waals surface area contributed by atoms with Gasteiger partial charge in [-0.05, 0) is 42.3 Å². The Hall–Kier alpha value is -2.34. The molecule has 2 nitrogen and oxygen atoms in total. The maximum absolute atomic E-state index is 12.8. The van der Waals surface area contributed by atoms with Crippen molar-refractivity contribution in [3.8, 4) is 6.07 Å². The molecule has 0 aliphatic carbocycles. The number of aryl methyl sites for hydroxylation is 1. The number of nitrogens with zero attached hydrogens (tertiary/aromatic N) is 1. The fourth-order valence-corrected chi connectivity index (χ4v) is 1.70. The highest BCUT2D eigenvalue weighted by molar-refractivity contribution is 5.58. The van der Waals surface area contributed by atoms with Gasteiger partial charge in [-0.25, -0.2) is 4.39 Å². The maximum atomic E-state index is 12.8. The molecule has 0 aliphatic heterocycles. The molecular formula is C15H13FN2. The first kappa shape index (κ1) is 12.1. The molecular weight excluding hydrogens is 227 g/mol. The van der Waals surface area contributed by atoms with Gasteiger partial charge in [0.15, 0.2) is 0 Å². The highest BCUT2D eigenvalue weighted by atomic mass is 19.1. The molecule has 0 radical (unpaired) electrons. The summed E-state index contributed by atoms with van der Waals surface area (Å²) in [7, 11) is 0. The minimum atomic E-state index is -0.244. The minimum absolute atomic E-state index is 0.244. The molecule has 18 heavy (non-hydrogen) atoms. The molecule has 2 aromatic carbocycles. The quantitative estimate of drug-likeness (QED) is 0.889. The number of hydrogen-bond donors (Lipinski definition) is 1. The maximum Gasteiger partial charge on any atom is 0.123 e. The predicted octanol–water partition coefficient (Wildman–Crippen LogP) is 3.62. The number of nitriles is 1. The molecule has 0 saturated heterocycles. The van der Waals surface area contributed by atoms with Gasteiger partial charge < -0.3 is 5.32 Å². The van der Waals surface area contributed by atoms with Gasteiger partial charge in [-0.15, -0.1) is 0 Å². The molecule has 0 fully saturated rings. The molecule has 3 heteroatoms. The van der Waals surface area contributed by atoms with E-state index in [4.69, 9.17) is 5.26 Å². The summed E-state index contributed by atoms with van der Waals surface area (Å²) in [5, 5.41) is 12.2. The third-order valence-corrected chi connectivity index (χ3v) is 2.69. The Kier molecular flexibility index (Phi) is 3.59.